The maximum absolute atomic E-state index is 13.4. The molecule has 2 heterocycles. The van der Waals surface area contributed by atoms with Crippen molar-refractivity contribution < 1.29 is 24.3 Å². The van der Waals surface area contributed by atoms with E-state index in [0.717, 1.165) is 16.1 Å². The number of carboxylic acid groups (broad SMARTS) is 1. The topological polar surface area (TPSA) is 119 Å². The summed E-state index contributed by atoms with van der Waals surface area (Å²) in [6.45, 7) is 3.98. The first-order valence-corrected chi connectivity index (χ1v) is 14.8. The molecule has 1 unspecified atom stereocenters. The minimum atomic E-state index is -1.02. The fourth-order valence-electron chi connectivity index (χ4n) is 5.08. The molecule has 1 atom stereocenters. The van der Waals surface area contributed by atoms with Crippen molar-refractivity contribution in [3.8, 4) is 0 Å². The smallest absolute Gasteiger partial charge is 0.305 e. The summed E-state index contributed by atoms with van der Waals surface area (Å²) in [6, 6.07) is 24.4. The first-order chi connectivity index (χ1) is 20.8. The van der Waals surface area contributed by atoms with Gasteiger partial charge in [0.05, 0.1) is 23.8 Å². The lowest BCUT2D eigenvalue weighted by Gasteiger charge is -2.37. The number of piperazine rings is 1. The van der Waals surface area contributed by atoms with E-state index < -0.39 is 17.9 Å². The molecule has 0 radical (unpaired) electrons. The predicted molar refractivity (Wildman–Crippen MR) is 167 cm³/mol. The quantitative estimate of drug-likeness (QED) is 0.244. The summed E-state index contributed by atoms with van der Waals surface area (Å²) in [5.74, 6) is -1.81. The summed E-state index contributed by atoms with van der Waals surface area (Å²) in [6.07, 6.45) is -0.257. The number of nitrogens with zero attached hydrogens (tertiary/aromatic N) is 2. The molecule has 43 heavy (non-hydrogen) atoms. The second kappa shape index (κ2) is 13.3. The van der Waals surface area contributed by atoms with Gasteiger partial charge in [0.1, 0.15) is 0 Å². The number of carbonyl (C=O) groups is 4. The van der Waals surface area contributed by atoms with Crippen molar-refractivity contribution in [1.29, 1.82) is 0 Å². The number of carbonyl (C=O) groups excluding carboxylic acids is 3. The van der Waals surface area contributed by atoms with Crippen molar-refractivity contribution in [2.75, 3.05) is 36.4 Å². The highest BCUT2D eigenvalue weighted by atomic mass is 32.1. The molecule has 10 heteroatoms. The molecule has 3 amide bonds. The molecule has 3 aromatic carbocycles. The number of anilines is 2. The molecule has 1 saturated heterocycles. The molecule has 0 saturated carbocycles. The molecular weight excluding hydrogens is 564 g/mol. The lowest BCUT2D eigenvalue weighted by Crippen LogP contribution is -2.49. The minimum Gasteiger partial charge on any atom is -0.481 e. The number of benzene rings is 3. The molecular formula is C33H32N4O5S. The first kappa shape index (κ1) is 29.5. The lowest BCUT2D eigenvalue weighted by molar-refractivity contribution is -0.137. The van der Waals surface area contributed by atoms with Gasteiger partial charge in [-0.1, -0.05) is 42.0 Å². The van der Waals surface area contributed by atoms with E-state index in [2.05, 4.69) is 15.5 Å². The van der Waals surface area contributed by atoms with E-state index in [0.29, 0.717) is 43.0 Å². The summed E-state index contributed by atoms with van der Waals surface area (Å²) in [5, 5.41) is 17.1. The third-order valence-corrected chi connectivity index (χ3v) is 8.27. The van der Waals surface area contributed by atoms with Crippen LogP contribution >= 0.6 is 11.3 Å². The Balaban J connectivity index is 1.38. The van der Waals surface area contributed by atoms with Crippen LogP contribution in [0.1, 0.15) is 54.0 Å². The van der Waals surface area contributed by atoms with Gasteiger partial charge in [-0.05, 0) is 60.8 Å². The van der Waals surface area contributed by atoms with Crippen LogP contribution in [-0.4, -0.2) is 59.9 Å². The molecule has 1 aliphatic heterocycles. The Bertz CT molecular complexity index is 1620. The minimum absolute atomic E-state index is 0.0260. The second-order valence-electron chi connectivity index (χ2n) is 10.3. The fourth-order valence-corrected chi connectivity index (χ4v) is 5.85. The Morgan fingerprint density at radius 3 is 2.21 bits per heavy atom. The molecule has 1 aliphatic rings. The third-order valence-electron chi connectivity index (χ3n) is 7.29. The van der Waals surface area contributed by atoms with Crippen LogP contribution in [-0.2, 0) is 4.79 Å². The van der Waals surface area contributed by atoms with Crippen molar-refractivity contribution in [3.63, 3.8) is 0 Å². The highest BCUT2D eigenvalue weighted by Crippen LogP contribution is 2.30. The van der Waals surface area contributed by atoms with Gasteiger partial charge in [-0.15, -0.1) is 11.3 Å². The van der Waals surface area contributed by atoms with Gasteiger partial charge in [0.15, 0.2) is 0 Å². The third kappa shape index (κ3) is 7.28. The monoisotopic (exact) mass is 596 g/mol. The molecule has 0 aliphatic carbocycles. The number of amides is 3. The van der Waals surface area contributed by atoms with E-state index in [1.54, 1.807) is 48.5 Å². The van der Waals surface area contributed by atoms with Crippen LogP contribution in [0.25, 0.3) is 0 Å². The van der Waals surface area contributed by atoms with Crippen LogP contribution in [0.4, 0.5) is 11.4 Å². The number of carboxylic acids is 1. The van der Waals surface area contributed by atoms with Crippen LogP contribution < -0.4 is 15.5 Å². The van der Waals surface area contributed by atoms with E-state index in [9.17, 15) is 24.3 Å². The highest BCUT2D eigenvalue weighted by molar-refractivity contribution is 7.10. The van der Waals surface area contributed by atoms with E-state index in [4.69, 9.17) is 0 Å². The number of thiophene rings is 1. The predicted octanol–water partition coefficient (Wildman–Crippen LogP) is 5.22. The van der Waals surface area contributed by atoms with E-state index >= 15 is 0 Å². The summed E-state index contributed by atoms with van der Waals surface area (Å²) < 4.78 is 0. The highest BCUT2D eigenvalue weighted by Gasteiger charge is 2.26. The summed E-state index contributed by atoms with van der Waals surface area (Å²) in [5.41, 5.74) is 3.53. The Hall–Kier alpha value is -4.96. The van der Waals surface area contributed by atoms with Crippen LogP contribution in [0.15, 0.2) is 90.3 Å². The number of rotatable bonds is 9. The van der Waals surface area contributed by atoms with Crippen molar-refractivity contribution in [1.82, 2.24) is 10.2 Å². The SMILES string of the molecule is Cc1cccc(C(=O)Nc2cc(C(=O)NC(CC(=O)O)c3cccs3)ccc2N2CCN(C(=O)c3ccccc3)CC2)c1. The number of hydrogen-bond donors (Lipinski definition) is 3. The van der Waals surface area contributed by atoms with Gasteiger partial charge in [0, 0.05) is 47.7 Å². The van der Waals surface area contributed by atoms with Gasteiger partial charge in [-0.25, -0.2) is 0 Å². The lowest BCUT2D eigenvalue weighted by atomic mass is 10.1. The second-order valence-corrected chi connectivity index (χ2v) is 11.3. The molecule has 5 rings (SSSR count). The molecule has 220 valence electrons. The Morgan fingerprint density at radius 1 is 0.814 bits per heavy atom. The summed E-state index contributed by atoms with van der Waals surface area (Å²) >= 11 is 1.37. The van der Waals surface area contributed by atoms with E-state index in [1.165, 1.54) is 11.3 Å². The van der Waals surface area contributed by atoms with Crippen molar-refractivity contribution >= 4 is 46.4 Å². The van der Waals surface area contributed by atoms with Gasteiger partial charge in [0.2, 0.25) is 0 Å². The van der Waals surface area contributed by atoms with Gasteiger partial charge in [0.25, 0.3) is 17.7 Å². The van der Waals surface area contributed by atoms with Gasteiger partial charge in [-0.2, -0.15) is 0 Å². The largest absolute Gasteiger partial charge is 0.481 e. The van der Waals surface area contributed by atoms with Crippen LogP contribution in [0.5, 0.6) is 0 Å². The van der Waals surface area contributed by atoms with Gasteiger partial charge >= 0.3 is 5.97 Å². The number of aliphatic carboxylic acids is 1. The molecule has 1 fully saturated rings. The maximum Gasteiger partial charge on any atom is 0.305 e. The molecule has 4 aromatic rings. The zero-order valence-electron chi connectivity index (χ0n) is 23.7. The number of hydrogen-bond acceptors (Lipinski definition) is 6. The van der Waals surface area contributed by atoms with Gasteiger partial charge < -0.3 is 25.5 Å². The Labute approximate surface area is 253 Å². The van der Waals surface area contributed by atoms with E-state index in [1.807, 2.05) is 53.6 Å². The summed E-state index contributed by atoms with van der Waals surface area (Å²) in [7, 11) is 0. The molecule has 3 N–H and O–H groups in total. The molecule has 0 bridgehead atoms. The Morgan fingerprint density at radius 2 is 1.53 bits per heavy atom. The fraction of sp³-hybridized carbons (Fsp3) is 0.212. The maximum atomic E-state index is 13.4. The normalized spacial score (nSPS) is 13.7. The van der Waals surface area contributed by atoms with Gasteiger partial charge in [-0.3, -0.25) is 19.2 Å². The van der Waals surface area contributed by atoms with Crippen LogP contribution in [0, 0.1) is 6.92 Å². The average Bonchev–Trinajstić information content (AvgIpc) is 3.56. The zero-order valence-corrected chi connectivity index (χ0v) is 24.5. The zero-order chi connectivity index (χ0) is 30.3. The standard InChI is InChI=1S/C33H32N4O5S/c1-22-7-5-10-24(19-22)31(40)34-26-20-25(32(41)35-27(21-30(38)39)29-11-6-18-43-29)12-13-28(26)36-14-16-37(17-15-36)33(42)23-8-3-2-4-9-23/h2-13,18-20,27H,14-17,21H2,1H3,(H,34,40)(H,35,41)(H,38,39). The molecule has 0 spiro atoms. The van der Waals surface area contributed by atoms with Crippen molar-refractivity contribution in [2.24, 2.45) is 0 Å². The molecule has 9 nitrogen and oxygen atoms in total. The van der Waals surface area contributed by atoms with Crippen molar-refractivity contribution in [3.05, 3.63) is 117 Å². The Kier molecular flexibility index (Phi) is 9.17. The number of aryl methyl sites for hydroxylation is 1. The first-order valence-electron chi connectivity index (χ1n) is 14.0. The van der Waals surface area contributed by atoms with E-state index in [-0.39, 0.29) is 23.8 Å². The van der Waals surface area contributed by atoms with Crippen molar-refractivity contribution in [2.45, 2.75) is 19.4 Å². The number of nitrogens with one attached hydrogen (secondary N) is 2. The average molecular weight is 597 g/mol. The molecule has 1 aromatic heterocycles. The van der Waals surface area contributed by atoms with Crippen LogP contribution in [0.3, 0.4) is 0 Å². The van der Waals surface area contributed by atoms with Crippen LogP contribution in [0.2, 0.25) is 0 Å². The summed E-state index contributed by atoms with van der Waals surface area (Å²) in [4.78, 5) is 55.7.